The quantitative estimate of drug-likeness (QED) is 0.395. The van der Waals surface area contributed by atoms with Gasteiger partial charge in [-0.15, -0.1) is 0 Å². The van der Waals surface area contributed by atoms with Gasteiger partial charge in [-0.05, 0) is 110 Å². The van der Waals surface area contributed by atoms with Gasteiger partial charge in [0.25, 0.3) is 0 Å². The molecule has 0 aromatic heterocycles. The summed E-state index contributed by atoms with van der Waals surface area (Å²) in [6, 6.07) is 0. The Kier molecular flexibility index (Phi) is 5.06. The van der Waals surface area contributed by atoms with Crippen LogP contribution in [0.15, 0.2) is 0 Å². The molecule has 3 nitrogen and oxygen atoms in total. The van der Waals surface area contributed by atoms with Crippen LogP contribution in [0.25, 0.3) is 0 Å². The molecule has 0 amide bonds. The predicted molar refractivity (Wildman–Crippen MR) is 134 cm³/mol. The molecule has 5 aliphatic rings. The SMILES string of the molecule is C[C@@H]1CC[C@]2(C)CC[C@]3(C)[C@@](O)(CC[C@@H]4[C@@]5(C)CC[C@H](O)C(C)(C)[C@H]5CC[C@]43C)[C@]2(O)[C@H]1C. The van der Waals surface area contributed by atoms with E-state index in [1.54, 1.807) is 0 Å². The summed E-state index contributed by atoms with van der Waals surface area (Å²) in [5, 5.41) is 36.5. The molecule has 0 bridgehead atoms. The fraction of sp³-hybridized carbons (Fsp3) is 1.00. The topological polar surface area (TPSA) is 60.7 Å². The van der Waals surface area contributed by atoms with Gasteiger partial charge in [-0.3, -0.25) is 0 Å². The second-order valence-corrected chi connectivity index (χ2v) is 15.3. The summed E-state index contributed by atoms with van der Waals surface area (Å²) in [4.78, 5) is 0. The lowest BCUT2D eigenvalue weighted by atomic mass is 9.29. The van der Waals surface area contributed by atoms with E-state index in [0.29, 0.717) is 17.8 Å². The number of fused-ring (bicyclic) bond motifs is 7. The van der Waals surface area contributed by atoms with Crippen LogP contribution in [-0.4, -0.2) is 32.6 Å². The molecule has 0 heterocycles. The monoisotopic (exact) mass is 460 g/mol. The molecule has 0 aromatic carbocycles. The Hall–Kier alpha value is -0.120. The minimum atomic E-state index is -1.04. The molecule has 5 fully saturated rings. The van der Waals surface area contributed by atoms with Crippen molar-refractivity contribution in [2.45, 2.75) is 137 Å². The van der Waals surface area contributed by atoms with E-state index < -0.39 is 11.2 Å². The molecule has 0 aromatic rings. The van der Waals surface area contributed by atoms with Crippen molar-refractivity contribution >= 4 is 0 Å². The Bertz CT molecular complexity index is 823. The molecule has 0 aliphatic heterocycles. The molecule has 0 unspecified atom stereocenters. The zero-order valence-electron chi connectivity index (χ0n) is 22.8. The molecule has 3 N–H and O–H groups in total. The number of hydrogen-bond acceptors (Lipinski definition) is 3. The second kappa shape index (κ2) is 6.80. The average Bonchev–Trinajstić information content (AvgIpc) is 2.74. The maximum Gasteiger partial charge on any atom is 0.102 e. The maximum absolute atomic E-state index is 12.9. The van der Waals surface area contributed by atoms with Gasteiger partial charge in [0.1, 0.15) is 5.60 Å². The van der Waals surface area contributed by atoms with Crippen molar-refractivity contribution in [3.05, 3.63) is 0 Å². The van der Waals surface area contributed by atoms with Crippen molar-refractivity contribution in [3.8, 4) is 0 Å². The van der Waals surface area contributed by atoms with E-state index in [9.17, 15) is 15.3 Å². The van der Waals surface area contributed by atoms with Crippen molar-refractivity contribution in [3.63, 3.8) is 0 Å². The molecule has 33 heavy (non-hydrogen) atoms. The summed E-state index contributed by atoms with van der Waals surface area (Å²) in [6.07, 6.45) is 9.94. The molecule has 3 heteroatoms. The van der Waals surface area contributed by atoms with Gasteiger partial charge < -0.3 is 15.3 Å². The van der Waals surface area contributed by atoms with Crippen LogP contribution in [0.1, 0.15) is 120 Å². The first kappa shape index (κ1) is 24.6. The van der Waals surface area contributed by atoms with Gasteiger partial charge in [-0.2, -0.15) is 0 Å². The van der Waals surface area contributed by atoms with Crippen molar-refractivity contribution in [1.29, 1.82) is 0 Å². The Labute approximate surface area is 203 Å². The van der Waals surface area contributed by atoms with E-state index in [-0.39, 0.29) is 39.1 Å². The summed E-state index contributed by atoms with van der Waals surface area (Å²) in [6.45, 7) is 18.8. The minimum absolute atomic E-state index is 0.00108. The number of aliphatic hydroxyl groups excluding tert-OH is 1. The Morgan fingerprint density at radius 3 is 1.97 bits per heavy atom. The largest absolute Gasteiger partial charge is 0.393 e. The highest BCUT2D eigenvalue weighted by atomic mass is 16.4. The van der Waals surface area contributed by atoms with Gasteiger partial charge in [0.2, 0.25) is 0 Å². The van der Waals surface area contributed by atoms with E-state index in [0.717, 1.165) is 64.2 Å². The summed E-state index contributed by atoms with van der Waals surface area (Å²) in [5.74, 6) is 1.60. The van der Waals surface area contributed by atoms with Crippen molar-refractivity contribution in [2.24, 2.45) is 50.7 Å². The van der Waals surface area contributed by atoms with E-state index in [1.165, 1.54) is 0 Å². The van der Waals surface area contributed by atoms with Gasteiger partial charge in [0.05, 0.1) is 11.7 Å². The van der Waals surface area contributed by atoms with Crippen LogP contribution in [-0.2, 0) is 0 Å². The standard InChI is InChI=1S/C30H52O3/c1-19-9-13-25(5)17-18-28(8)27(7)15-10-21-24(3,4)23(31)12-14-26(21,6)22(27)11-16-29(28,32)30(25,33)20(19)2/h19-23,31-33H,9-18H2,1-8H3/t19-,20+,21-,22-,23+,25-,26+,27-,28+,29+,30+/m1/s1. The van der Waals surface area contributed by atoms with Crippen LogP contribution in [0.2, 0.25) is 0 Å². The van der Waals surface area contributed by atoms with Gasteiger partial charge in [0, 0.05) is 5.41 Å². The lowest BCUT2D eigenvalue weighted by molar-refractivity contribution is -0.373. The highest BCUT2D eigenvalue weighted by Gasteiger charge is 2.79. The lowest BCUT2D eigenvalue weighted by Crippen LogP contribution is -2.81. The average molecular weight is 461 g/mol. The van der Waals surface area contributed by atoms with Crippen LogP contribution in [0.5, 0.6) is 0 Å². The van der Waals surface area contributed by atoms with E-state index >= 15 is 0 Å². The Morgan fingerprint density at radius 2 is 1.30 bits per heavy atom. The molecule has 0 radical (unpaired) electrons. The Balaban J connectivity index is 1.62. The van der Waals surface area contributed by atoms with Gasteiger partial charge in [0.15, 0.2) is 0 Å². The highest BCUT2D eigenvalue weighted by Crippen LogP contribution is 2.78. The van der Waals surface area contributed by atoms with Crippen molar-refractivity contribution in [1.82, 2.24) is 0 Å². The predicted octanol–water partition coefficient (Wildman–Crippen LogP) is 6.33. The van der Waals surface area contributed by atoms with Crippen molar-refractivity contribution < 1.29 is 15.3 Å². The number of hydrogen-bond donors (Lipinski definition) is 3. The zero-order valence-corrected chi connectivity index (χ0v) is 22.8. The van der Waals surface area contributed by atoms with Crippen LogP contribution in [0, 0.1) is 50.7 Å². The van der Waals surface area contributed by atoms with Crippen LogP contribution < -0.4 is 0 Å². The normalized spacial score (nSPS) is 62.5. The zero-order chi connectivity index (χ0) is 24.5. The molecule has 5 rings (SSSR count). The lowest BCUT2D eigenvalue weighted by Gasteiger charge is -2.78. The number of rotatable bonds is 0. The third kappa shape index (κ3) is 2.49. The van der Waals surface area contributed by atoms with E-state index in [1.807, 2.05) is 0 Å². The van der Waals surface area contributed by atoms with Crippen LogP contribution in [0.3, 0.4) is 0 Å². The minimum Gasteiger partial charge on any atom is -0.393 e. The molecular formula is C30H52O3. The maximum atomic E-state index is 12.9. The van der Waals surface area contributed by atoms with Gasteiger partial charge >= 0.3 is 0 Å². The molecule has 11 atom stereocenters. The second-order valence-electron chi connectivity index (χ2n) is 15.3. The van der Waals surface area contributed by atoms with Crippen molar-refractivity contribution in [2.75, 3.05) is 0 Å². The molecule has 5 aliphatic carbocycles. The fourth-order valence-electron chi connectivity index (χ4n) is 11.7. The molecule has 190 valence electrons. The summed E-state index contributed by atoms with van der Waals surface area (Å²) < 4.78 is 0. The Morgan fingerprint density at radius 1 is 0.667 bits per heavy atom. The third-order valence-corrected chi connectivity index (χ3v) is 14.4. The van der Waals surface area contributed by atoms with Gasteiger partial charge in [-0.25, -0.2) is 0 Å². The first-order chi connectivity index (χ1) is 15.1. The first-order valence-electron chi connectivity index (χ1n) is 14.2. The number of aliphatic hydroxyl groups is 3. The van der Waals surface area contributed by atoms with Gasteiger partial charge in [-0.1, -0.05) is 55.4 Å². The molecule has 0 spiro atoms. The molecule has 0 saturated heterocycles. The van der Waals surface area contributed by atoms with Crippen LogP contribution >= 0.6 is 0 Å². The highest BCUT2D eigenvalue weighted by molar-refractivity contribution is 5.29. The molecular weight excluding hydrogens is 408 g/mol. The summed E-state index contributed by atoms with van der Waals surface area (Å²) in [7, 11) is 0. The first-order valence-corrected chi connectivity index (χ1v) is 14.2. The fourth-order valence-corrected chi connectivity index (χ4v) is 11.7. The third-order valence-electron chi connectivity index (χ3n) is 14.4. The summed E-state index contributed by atoms with van der Waals surface area (Å²) >= 11 is 0. The van der Waals surface area contributed by atoms with E-state index in [4.69, 9.17) is 0 Å². The van der Waals surface area contributed by atoms with Crippen LogP contribution in [0.4, 0.5) is 0 Å². The van der Waals surface area contributed by atoms with E-state index in [2.05, 4.69) is 55.4 Å². The smallest absolute Gasteiger partial charge is 0.102 e. The molecule has 5 saturated carbocycles. The summed E-state index contributed by atoms with van der Waals surface area (Å²) in [5.41, 5.74) is -2.43.